The Bertz CT molecular complexity index is 502. The maximum absolute atomic E-state index is 9.23. The van der Waals surface area contributed by atoms with E-state index in [1.165, 1.54) is 12.8 Å². The van der Waals surface area contributed by atoms with E-state index in [4.69, 9.17) is 0 Å². The van der Waals surface area contributed by atoms with Gasteiger partial charge in [-0.25, -0.2) is 4.68 Å². The summed E-state index contributed by atoms with van der Waals surface area (Å²) in [5, 5.41) is 13.8. The van der Waals surface area contributed by atoms with Crippen LogP contribution < -0.4 is 0 Å². The van der Waals surface area contributed by atoms with Crippen LogP contribution in [0.1, 0.15) is 30.0 Å². The van der Waals surface area contributed by atoms with Gasteiger partial charge in [0, 0.05) is 30.1 Å². The van der Waals surface area contributed by atoms with E-state index < -0.39 is 0 Å². The highest BCUT2D eigenvalue weighted by Crippen LogP contribution is 2.39. The predicted molar refractivity (Wildman–Crippen MR) is 59.3 cm³/mol. The van der Waals surface area contributed by atoms with Crippen molar-refractivity contribution in [2.45, 2.75) is 25.4 Å². The van der Waals surface area contributed by atoms with Crippen LogP contribution in [0.3, 0.4) is 0 Å². The average molecular weight is 215 g/mol. The molecular formula is C12H13N3O. The molecule has 2 aromatic rings. The van der Waals surface area contributed by atoms with E-state index in [2.05, 4.69) is 16.1 Å². The largest absolute Gasteiger partial charge is 0.392 e. The third-order valence-electron chi connectivity index (χ3n) is 2.90. The minimum atomic E-state index is -0.0121. The number of hydrogen-bond donors (Lipinski definition) is 1. The zero-order valence-corrected chi connectivity index (χ0v) is 8.87. The first-order valence-electron chi connectivity index (χ1n) is 5.48. The molecule has 0 spiro atoms. The zero-order valence-electron chi connectivity index (χ0n) is 8.87. The Balaban J connectivity index is 2.00. The third kappa shape index (κ3) is 1.61. The first-order valence-corrected chi connectivity index (χ1v) is 5.48. The van der Waals surface area contributed by atoms with Crippen molar-refractivity contribution in [2.24, 2.45) is 0 Å². The lowest BCUT2D eigenvalue weighted by molar-refractivity contribution is 0.281. The third-order valence-corrected chi connectivity index (χ3v) is 2.90. The van der Waals surface area contributed by atoms with Crippen molar-refractivity contribution in [2.75, 3.05) is 0 Å². The van der Waals surface area contributed by atoms with Gasteiger partial charge in [0.05, 0.1) is 18.0 Å². The molecule has 1 aliphatic carbocycles. The molecule has 4 heteroatoms. The highest BCUT2D eigenvalue weighted by Gasteiger charge is 2.26. The van der Waals surface area contributed by atoms with Crippen molar-refractivity contribution in [3.05, 3.63) is 42.0 Å². The smallest absolute Gasteiger partial charge is 0.0731 e. The Morgan fingerprint density at radius 1 is 1.38 bits per heavy atom. The Kier molecular flexibility index (Phi) is 2.22. The van der Waals surface area contributed by atoms with Crippen LogP contribution in [0.5, 0.6) is 0 Å². The van der Waals surface area contributed by atoms with Gasteiger partial charge in [0.2, 0.25) is 0 Å². The molecule has 0 radical (unpaired) electrons. The molecule has 0 aliphatic heterocycles. The van der Waals surface area contributed by atoms with Crippen LogP contribution in [0, 0.1) is 0 Å². The molecule has 1 aliphatic rings. The summed E-state index contributed by atoms with van der Waals surface area (Å²) in [7, 11) is 0. The Morgan fingerprint density at radius 3 is 3.00 bits per heavy atom. The quantitative estimate of drug-likeness (QED) is 0.846. The Labute approximate surface area is 93.6 Å². The number of aliphatic hydroxyl groups excluding tert-OH is 1. The lowest BCUT2D eigenvalue weighted by Gasteiger charge is -2.05. The molecule has 0 unspecified atom stereocenters. The normalized spacial score (nSPS) is 15.3. The Morgan fingerprint density at radius 2 is 2.25 bits per heavy atom. The van der Waals surface area contributed by atoms with E-state index in [-0.39, 0.29) is 6.61 Å². The van der Waals surface area contributed by atoms with Crippen LogP contribution in [0.4, 0.5) is 0 Å². The molecule has 4 nitrogen and oxygen atoms in total. The molecule has 82 valence electrons. The predicted octanol–water partition coefficient (Wildman–Crippen LogP) is 1.64. The first kappa shape index (κ1) is 9.54. The van der Waals surface area contributed by atoms with Crippen LogP contribution >= 0.6 is 0 Å². The van der Waals surface area contributed by atoms with Crippen LogP contribution in [-0.4, -0.2) is 19.9 Å². The summed E-state index contributed by atoms with van der Waals surface area (Å²) in [6.45, 7) is -0.0121. The lowest BCUT2D eigenvalue weighted by Crippen LogP contribution is -2.01. The van der Waals surface area contributed by atoms with E-state index in [0.29, 0.717) is 5.92 Å². The number of aliphatic hydroxyl groups is 1. The van der Waals surface area contributed by atoms with Crippen molar-refractivity contribution < 1.29 is 5.11 Å². The Hall–Kier alpha value is -1.68. The zero-order chi connectivity index (χ0) is 11.0. The molecule has 2 aromatic heterocycles. The summed E-state index contributed by atoms with van der Waals surface area (Å²) >= 11 is 0. The van der Waals surface area contributed by atoms with Crippen molar-refractivity contribution in [1.29, 1.82) is 0 Å². The number of pyridine rings is 1. The molecule has 2 heterocycles. The second kappa shape index (κ2) is 3.72. The van der Waals surface area contributed by atoms with Gasteiger partial charge in [-0.15, -0.1) is 0 Å². The molecule has 0 bridgehead atoms. The molecule has 16 heavy (non-hydrogen) atoms. The second-order valence-electron chi connectivity index (χ2n) is 4.12. The summed E-state index contributed by atoms with van der Waals surface area (Å²) in [6, 6.07) is 3.93. The van der Waals surface area contributed by atoms with Crippen molar-refractivity contribution in [3.63, 3.8) is 0 Å². The number of rotatable bonds is 3. The molecule has 3 rings (SSSR count). The maximum atomic E-state index is 9.23. The van der Waals surface area contributed by atoms with Gasteiger partial charge < -0.3 is 5.11 Å². The van der Waals surface area contributed by atoms with Gasteiger partial charge in [0.25, 0.3) is 0 Å². The van der Waals surface area contributed by atoms with Gasteiger partial charge in [-0.05, 0) is 25.0 Å². The van der Waals surface area contributed by atoms with E-state index in [1.54, 1.807) is 12.4 Å². The molecule has 0 saturated heterocycles. The fraction of sp³-hybridized carbons (Fsp3) is 0.333. The minimum Gasteiger partial charge on any atom is -0.392 e. The summed E-state index contributed by atoms with van der Waals surface area (Å²) in [4.78, 5) is 3.99. The van der Waals surface area contributed by atoms with Gasteiger partial charge in [0.15, 0.2) is 0 Å². The minimum absolute atomic E-state index is 0.0121. The second-order valence-corrected chi connectivity index (χ2v) is 4.12. The summed E-state index contributed by atoms with van der Waals surface area (Å²) in [5.74, 6) is 0.653. The summed E-state index contributed by atoms with van der Waals surface area (Å²) in [6.07, 6.45) is 7.84. The van der Waals surface area contributed by atoms with Gasteiger partial charge >= 0.3 is 0 Å². The monoisotopic (exact) mass is 215 g/mol. The van der Waals surface area contributed by atoms with E-state index in [9.17, 15) is 5.11 Å². The lowest BCUT2D eigenvalue weighted by atomic mass is 10.2. The van der Waals surface area contributed by atoms with Crippen LogP contribution in [0.25, 0.3) is 5.69 Å². The van der Waals surface area contributed by atoms with E-state index in [1.807, 2.05) is 16.9 Å². The molecule has 1 saturated carbocycles. The van der Waals surface area contributed by atoms with Crippen LogP contribution in [0.2, 0.25) is 0 Å². The first-order chi connectivity index (χ1) is 7.88. The fourth-order valence-electron chi connectivity index (χ4n) is 1.83. The molecule has 0 aromatic carbocycles. The molecule has 1 N–H and O–H groups in total. The van der Waals surface area contributed by atoms with Crippen molar-refractivity contribution in [3.8, 4) is 5.69 Å². The highest BCUT2D eigenvalue weighted by atomic mass is 16.3. The number of aromatic nitrogens is 3. The van der Waals surface area contributed by atoms with E-state index >= 15 is 0 Å². The number of hydrogen-bond acceptors (Lipinski definition) is 3. The van der Waals surface area contributed by atoms with Gasteiger partial charge in [-0.3, -0.25) is 4.98 Å². The van der Waals surface area contributed by atoms with Gasteiger partial charge in [0.1, 0.15) is 0 Å². The summed E-state index contributed by atoms with van der Waals surface area (Å²) in [5.41, 5.74) is 2.86. The van der Waals surface area contributed by atoms with Crippen molar-refractivity contribution >= 4 is 0 Å². The topological polar surface area (TPSA) is 50.9 Å². The highest BCUT2D eigenvalue weighted by molar-refractivity contribution is 5.37. The molecule has 0 atom stereocenters. The standard InChI is InChI=1S/C12H13N3O/c16-8-10-7-13-5-3-12(10)15-6-4-11(14-15)9-1-2-9/h3-7,9,16H,1-2,8H2. The summed E-state index contributed by atoms with van der Waals surface area (Å²) < 4.78 is 1.82. The molecular weight excluding hydrogens is 202 g/mol. The fourth-order valence-corrected chi connectivity index (χ4v) is 1.83. The molecule has 1 fully saturated rings. The SMILES string of the molecule is OCc1cnccc1-n1ccc(C2CC2)n1. The van der Waals surface area contributed by atoms with Gasteiger partial charge in [-0.1, -0.05) is 0 Å². The van der Waals surface area contributed by atoms with Crippen LogP contribution in [0.15, 0.2) is 30.7 Å². The number of nitrogens with zero attached hydrogens (tertiary/aromatic N) is 3. The van der Waals surface area contributed by atoms with Crippen LogP contribution in [-0.2, 0) is 6.61 Å². The maximum Gasteiger partial charge on any atom is 0.0731 e. The molecule has 0 amide bonds. The van der Waals surface area contributed by atoms with Crippen molar-refractivity contribution in [1.82, 2.24) is 14.8 Å². The van der Waals surface area contributed by atoms with E-state index in [0.717, 1.165) is 16.9 Å². The average Bonchev–Trinajstić information content (AvgIpc) is 3.07. The van der Waals surface area contributed by atoms with Gasteiger partial charge in [-0.2, -0.15) is 5.10 Å².